The molecule has 1 fully saturated rings. The van der Waals surface area contributed by atoms with E-state index in [0.29, 0.717) is 23.6 Å². The van der Waals surface area contributed by atoms with Gasteiger partial charge in [0.2, 0.25) is 0 Å². The first kappa shape index (κ1) is 11.3. The molecule has 1 aliphatic carbocycles. The van der Waals surface area contributed by atoms with E-state index in [-0.39, 0.29) is 6.10 Å². The summed E-state index contributed by atoms with van der Waals surface area (Å²) in [7, 11) is 0. The summed E-state index contributed by atoms with van der Waals surface area (Å²) in [6.07, 6.45) is 1.09. The number of carbonyl (C=O) groups is 1. The molecule has 3 nitrogen and oxygen atoms in total. The smallest absolute Gasteiger partial charge is 0.309 e. The van der Waals surface area contributed by atoms with Crippen LogP contribution in [0.25, 0.3) is 0 Å². The molecule has 0 saturated heterocycles. The van der Waals surface area contributed by atoms with Crippen LogP contribution >= 0.6 is 11.6 Å². The molecule has 1 N–H and O–H groups in total. The average molecular weight is 241 g/mol. The van der Waals surface area contributed by atoms with E-state index < -0.39 is 11.4 Å². The van der Waals surface area contributed by atoms with E-state index in [4.69, 9.17) is 21.4 Å². The van der Waals surface area contributed by atoms with E-state index in [2.05, 4.69) is 0 Å². The second kappa shape index (κ2) is 3.98. The number of halogens is 1. The second-order valence-corrected chi connectivity index (χ2v) is 4.91. The van der Waals surface area contributed by atoms with Crippen molar-refractivity contribution in [2.24, 2.45) is 5.41 Å². The van der Waals surface area contributed by atoms with Gasteiger partial charge in [0.1, 0.15) is 11.9 Å². The molecule has 86 valence electrons. The maximum absolute atomic E-state index is 10.9. The first-order valence-corrected chi connectivity index (χ1v) is 5.53. The highest BCUT2D eigenvalue weighted by molar-refractivity contribution is 6.30. The fourth-order valence-electron chi connectivity index (χ4n) is 1.94. The highest BCUT2D eigenvalue weighted by Crippen LogP contribution is 2.42. The summed E-state index contributed by atoms with van der Waals surface area (Å²) in [6.45, 7) is 1.74. The molecule has 0 heterocycles. The van der Waals surface area contributed by atoms with Gasteiger partial charge in [-0.05, 0) is 25.1 Å². The van der Waals surface area contributed by atoms with Crippen LogP contribution in [0.1, 0.15) is 19.8 Å². The lowest BCUT2D eigenvalue weighted by molar-refractivity contribution is -0.159. The largest absolute Gasteiger partial charge is 0.490 e. The highest BCUT2D eigenvalue weighted by Gasteiger charge is 2.47. The van der Waals surface area contributed by atoms with Crippen molar-refractivity contribution >= 4 is 17.6 Å². The number of benzene rings is 1. The number of carboxylic acid groups (broad SMARTS) is 1. The van der Waals surface area contributed by atoms with Crippen molar-refractivity contribution in [3.8, 4) is 5.75 Å². The van der Waals surface area contributed by atoms with Gasteiger partial charge in [-0.1, -0.05) is 17.7 Å². The summed E-state index contributed by atoms with van der Waals surface area (Å²) in [4.78, 5) is 10.9. The van der Waals surface area contributed by atoms with Crippen molar-refractivity contribution < 1.29 is 14.6 Å². The molecule has 1 aromatic carbocycles. The summed E-state index contributed by atoms with van der Waals surface area (Å²) in [5, 5.41) is 9.57. The lowest BCUT2D eigenvalue weighted by Gasteiger charge is -2.41. The molecule has 0 bridgehead atoms. The van der Waals surface area contributed by atoms with E-state index in [1.165, 1.54) is 0 Å². The van der Waals surface area contributed by atoms with Crippen LogP contribution in [0.3, 0.4) is 0 Å². The quantitative estimate of drug-likeness (QED) is 0.884. The van der Waals surface area contributed by atoms with E-state index in [1.54, 1.807) is 19.1 Å². The molecule has 0 atom stereocenters. The maximum Gasteiger partial charge on any atom is 0.309 e. The van der Waals surface area contributed by atoms with Crippen molar-refractivity contribution in [3.63, 3.8) is 0 Å². The number of carboxylic acids is 1. The molecule has 0 radical (unpaired) electrons. The van der Waals surface area contributed by atoms with Crippen LogP contribution in [0.15, 0.2) is 24.3 Å². The summed E-state index contributed by atoms with van der Waals surface area (Å²) < 4.78 is 5.63. The van der Waals surface area contributed by atoms with Gasteiger partial charge in [0.25, 0.3) is 0 Å². The second-order valence-electron chi connectivity index (χ2n) is 4.47. The Morgan fingerprint density at radius 1 is 1.56 bits per heavy atom. The first-order valence-electron chi connectivity index (χ1n) is 5.15. The minimum atomic E-state index is -0.751. The fraction of sp³-hybridized carbons (Fsp3) is 0.417. The van der Waals surface area contributed by atoms with Crippen LogP contribution in [0.2, 0.25) is 5.02 Å². The van der Waals surface area contributed by atoms with Gasteiger partial charge in [0.15, 0.2) is 0 Å². The van der Waals surface area contributed by atoms with Crippen molar-refractivity contribution in [1.29, 1.82) is 0 Å². The molecular weight excluding hydrogens is 228 g/mol. The number of aliphatic carboxylic acids is 1. The number of hydrogen-bond acceptors (Lipinski definition) is 2. The third-order valence-corrected chi connectivity index (χ3v) is 3.21. The predicted octanol–water partition coefficient (Wildman–Crippen LogP) is 2.97. The zero-order valence-corrected chi connectivity index (χ0v) is 9.70. The van der Waals surface area contributed by atoms with E-state index in [0.717, 1.165) is 0 Å². The van der Waals surface area contributed by atoms with Gasteiger partial charge in [-0.2, -0.15) is 0 Å². The van der Waals surface area contributed by atoms with E-state index in [9.17, 15) is 4.79 Å². The van der Waals surface area contributed by atoms with Gasteiger partial charge >= 0.3 is 5.97 Å². The first-order chi connectivity index (χ1) is 7.49. The molecule has 1 aliphatic rings. The van der Waals surface area contributed by atoms with Crippen LogP contribution in [0.4, 0.5) is 0 Å². The van der Waals surface area contributed by atoms with Gasteiger partial charge < -0.3 is 9.84 Å². The molecule has 16 heavy (non-hydrogen) atoms. The normalized spacial score (nSPS) is 28.2. The van der Waals surface area contributed by atoms with Crippen molar-refractivity contribution in [3.05, 3.63) is 29.3 Å². The monoisotopic (exact) mass is 240 g/mol. The Balaban J connectivity index is 1.93. The van der Waals surface area contributed by atoms with Gasteiger partial charge in [0, 0.05) is 17.9 Å². The minimum absolute atomic E-state index is 0.0143. The van der Waals surface area contributed by atoms with Crippen LogP contribution in [-0.2, 0) is 4.79 Å². The standard InChI is InChI=1S/C12H13ClO3/c1-12(11(14)15)6-10(7-12)16-9-4-2-3-8(13)5-9/h2-5,10H,6-7H2,1H3,(H,14,15)/t10-,12-. The molecule has 4 heteroatoms. The zero-order valence-electron chi connectivity index (χ0n) is 8.94. The van der Waals surface area contributed by atoms with Crippen molar-refractivity contribution in [2.45, 2.75) is 25.9 Å². The maximum atomic E-state index is 10.9. The van der Waals surface area contributed by atoms with Crippen LogP contribution in [0, 0.1) is 5.41 Å². The van der Waals surface area contributed by atoms with Gasteiger partial charge in [-0.25, -0.2) is 0 Å². The van der Waals surface area contributed by atoms with Gasteiger partial charge in [-0.15, -0.1) is 0 Å². The summed E-state index contributed by atoms with van der Waals surface area (Å²) in [5.41, 5.74) is -0.622. The van der Waals surface area contributed by atoms with Gasteiger partial charge in [-0.3, -0.25) is 4.79 Å². The van der Waals surface area contributed by atoms with Crippen LogP contribution < -0.4 is 4.74 Å². The highest BCUT2D eigenvalue weighted by atomic mass is 35.5. The Kier molecular flexibility index (Phi) is 2.80. The number of ether oxygens (including phenoxy) is 1. The van der Waals surface area contributed by atoms with Crippen molar-refractivity contribution in [2.75, 3.05) is 0 Å². The summed E-state index contributed by atoms with van der Waals surface area (Å²) >= 11 is 5.82. The molecule has 0 unspecified atom stereocenters. The minimum Gasteiger partial charge on any atom is -0.490 e. The molecule has 0 aromatic heterocycles. The van der Waals surface area contributed by atoms with E-state index >= 15 is 0 Å². The van der Waals surface area contributed by atoms with Crippen LogP contribution in [-0.4, -0.2) is 17.2 Å². The number of hydrogen-bond donors (Lipinski definition) is 1. The molecule has 0 spiro atoms. The average Bonchev–Trinajstić information content (AvgIpc) is 2.14. The molecule has 0 aliphatic heterocycles. The predicted molar refractivity (Wildman–Crippen MR) is 60.8 cm³/mol. The van der Waals surface area contributed by atoms with Gasteiger partial charge in [0.05, 0.1) is 5.41 Å². The molecule has 0 amide bonds. The zero-order chi connectivity index (χ0) is 11.8. The Morgan fingerprint density at radius 3 is 2.81 bits per heavy atom. The Morgan fingerprint density at radius 2 is 2.25 bits per heavy atom. The lowest BCUT2D eigenvalue weighted by Crippen LogP contribution is -2.47. The fourth-order valence-corrected chi connectivity index (χ4v) is 2.12. The van der Waals surface area contributed by atoms with E-state index in [1.807, 2.05) is 12.1 Å². The third kappa shape index (κ3) is 2.14. The summed E-state index contributed by atoms with van der Waals surface area (Å²) in [5.74, 6) is -0.0524. The lowest BCUT2D eigenvalue weighted by atomic mass is 9.68. The summed E-state index contributed by atoms with van der Waals surface area (Å²) in [6, 6.07) is 7.14. The number of rotatable bonds is 3. The molecule has 1 aromatic rings. The molecule has 1 saturated carbocycles. The Hall–Kier alpha value is -1.22. The Bertz CT molecular complexity index is 410. The molecular formula is C12H13ClO3. The Labute approximate surface area is 99.0 Å². The van der Waals surface area contributed by atoms with Crippen LogP contribution in [0.5, 0.6) is 5.75 Å². The topological polar surface area (TPSA) is 46.5 Å². The third-order valence-electron chi connectivity index (χ3n) is 2.97. The molecule has 2 rings (SSSR count). The van der Waals surface area contributed by atoms with Crippen molar-refractivity contribution in [1.82, 2.24) is 0 Å². The SMILES string of the molecule is C[C@]1(C(=O)O)C[C@H](Oc2cccc(Cl)c2)C1.